The minimum absolute atomic E-state index is 0.104. The summed E-state index contributed by atoms with van der Waals surface area (Å²) in [5, 5.41) is 0. The summed E-state index contributed by atoms with van der Waals surface area (Å²) in [5.74, 6) is 1.02. The van der Waals surface area contributed by atoms with E-state index < -0.39 is 0 Å². The molecule has 0 radical (unpaired) electrons. The van der Waals surface area contributed by atoms with Crippen LogP contribution in [0, 0.1) is 11.3 Å². The number of fused-ring (bicyclic) bond motifs is 5. The monoisotopic (exact) mass is 344 g/mol. The summed E-state index contributed by atoms with van der Waals surface area (Å²) < 4.78 is 16.5. The van der Waals surface area contributed by atoms with Crippen molar-refractivity contribution < 1.29 is 19.0 Å². The van der Waals surface area contributed by atoms with Crippen molar-refractivity contribution in [2.24, 2.45) is 11.3 Å². The molecular weight excluding hydrogens is 316 g/mol. The van der Waals surface area contributed by atoms with Gasteiger partial charge in [0.1, 0.15) is 17.9 Å². The second kappa shape index (κ2) is 5.73. The zero-order valence-corrected chi connectivity index (χ0v) is 15.7. The second-order valence-corrected chi connectivity index (χ2v) is 8.48. The molecule has 0 bridgehead atoms. The van der Waals surface area contributed by atoms with Gasteiger partial charge in [-0.2, -0.15) is 0 Å². The third-order valence-electron chi connectivity index (χ3n) is 7.11. The van der Waals surface area contributed by atoms with Crippen LogP contribution in [-0.4, -0.2) is 26.8 Å². The van der Waals surface area contributed by atoms with Crippen LogP contribution in [0.2, 0.25) is 0 Å². The topological polar surface area (TPSA) is 44.8 Å². The number of rotatable bonds is 3. The molecule has 1 saturated carbocycles. The molecule has 1 heterocycles. The Balaban J connectivity index is 1.88. The SMILES string of the molecule is COC[C@@]1(C)CCC[C@]2(C)c3cc(OC)c4c(c3CC[C@@H]12)COC4=O. The van der Waals surface area contributed by atoms with Crippen LogP contribution in [-0.2, 0) is 27.9 Å². The summed E-state index contributed by atoms with van der Waals surface area (Å²) in [6.45, 7) is 6.00. The van der Waals surface area contributed by atoms with E-state index in [1.807, 2.05) is 7.11 Å². The number of esters is 1. The lowest BCUT2D eigenvalue weighted by Gasteiger charge is -2.55. The van der Waals surface area contributed by atoms with E-state index in [9.17, 15) is 4.79 Å². The van der Waals surface area contributed by atoms with Gasteiger partial charge >= 0.3 is 5.97 Å². The third kappa shape index (κ3) is 2.26. The molecule has 2 aliphatic carbocycles. The number of carbonyl (C=O) groups is 1. The lowest BCUT2D eigenvalue weighted by molar-refractivity contribution is -0.0326. The Kier molecular flexibility index (Phi) is 3.87. The van der Waals surface area contributed by atoms with Crippen molar-refractivity contribution in [1.82, 2.24) is 0 Å². The van der Waals surface area contributed by atoms with Gasteiger partial charge in [0.05, 0.1) is 13.7 Å². The van der Waals surface area contributed by atoms with E-state index in [2.05, 4.69) is 19.9 Å². The number of cyclic esters (lactones) is 1. The molecule has 1 fully saturated rings. The fourth-order valence-corrected chi connectivity index (χ4v) is 6.06. The van der Waals surface area contributed by atoms with E-state index in [1.54, 1.807) is 7.11 Å². The first kappa shape index (κ1) is 16.9. The standard InChI is InChI=1S/C21H28O4/c1-20(12-23-3)8-5-9-21(2)15-10-16(24-4)18-14(11-25-19(18)22)13(15)6-7-17(20)21/h10,17H,5-9,11-12H2,1-4H3/t17-,20+,21+/m0/s1. The maximum absolute atomic E-state index is 12.2. The molecule has 0 saturated heterocycles. The van der Waals surface area contributed by atoms with Crippen molar-refractivity contribution in [2.75, 3.05) is 20.8 Å². The Morgan fingerprint density at radius 3 is 2.76 bits per heavy atom. The first-order chi connectivity index (χ1) is 11.9. The summed E-state index contributed by atoms with van der Waals surface area (Å²) in [7, 11) is 3.46. The Bertz CT molecular complexity index is 721. The number of methoxy groups -OCH3 is 2. The third-order valence-corrected chi connectivity index (χ3v) is 7.11. The smallest absolute Gasteiger partial charge is 0.342 e. The van der Waals surface area contributed by atoms with Gasteiger partial charge in [-0.3, -0.25) is 0 Å². The van der Waals surface area contributed by atoms with Crippen LogP contribution in [0.25, 0.3) is 0 Å². The van der Waals surface area contributed by atoms with Crippen LogP contribution in [0.3, 0.4) is 0 Å². The minimum Gasteiger partial charge on any atom is -0.496 e. The van der Waals surface area contributed by atoms with E-state index in [0.29, 0.717) is 23.8 Å². The number of hydrogen-bond donors (Lipinski definition) is 0. The Labute approximate surface area is 149 Å². The normalized spacial score (nSPS) is 33.3. The van der Waals surface area contributed by atoms with Gasteiger partial charge in [-0.05, 0) is 59.6 Å². The lowest BCUT2D eigenvalue weighted by Crippen LogP contribution is -2.51. The molecule has 3 aliphatic rings. The maximum Gasteiger partial charge on any atom is 0.342 e. The van der Waals surface area contributed by atoms with Crippen molar-refractivity contribution in [1.29, 1.82) is 0 Å². The largest absolute Gasteiger partial charge is 0.496 e. The van der Waals surface area contributed by atoms with Crippen LogP contribution < -0.4 is 4.74 Å². The molecule has 1 aromatic carbocycles. The molecule has 136 valence electrons. The van der Waals surface area contributed by atoms with Gasteiger partial charge < -0.3 is 14.2 Å². The summed E-state index contributed by atoms with van der Waals surface area (Å²) in [6.07, 6.45) is 5.77. The predicted molar refractivity (Wildman–Crippen MR) is 95.1 cm³/mol. The van der Waals surface area contributed by atoms with Crippen LogP contribution in [0.5, 0.6) is 5.75 Å². The zero-order chi connectivity index (χ0) is 17.8. The lowest BCUT2D eigenvalue weighted by atomic mass is 9.49. The highest BCUT2D eigenvalue weighted by Crippen LogP contribution is 2.58. The molecule has 3 atom stereocenters. The number of benzene rings is 1. The molecule has 1 aliphatic heterocycles. The van der Waals surface area contributed by atoms with Crippen molar-refractivity contribution in [3.63, 3.8) is 0 Å². The highest BCUT2D eigenvalue weighted by Gasteiger charge is 2.52. The molecule has 0 amide bonds. The van der Waals surface area contributed by atoms with Crippen molar-refractivity contribution in [3.8, 4) is 5.75 Å². The Morgan fingerprint density at radius 2 is 2.04 bits per heavy atom. The van der Waals surface area contributed by atoms with E-state index in [0.717, 1.165) is 25.0 Å². The summed E-state index contributed by atoms with van der Waals surface area (Å²) in [5.41, 5.74) is 4.74. The highest BCUT2D eigenvalue weighted by molar-refractivity contribution is 5.97. The first-order valence-electron chi connectivity index (χ1n) is 9.34. The Morgan fingerprint density at radius 1 is 1.24 bits per heavy atom. The van der Waals surface area contributed by atoms with E-state index >= 15 is 0 Å². The van der Waals surface area contributed by atoms with Gasteiger partial charge in [0.15, 0.2) is 0 Å². The molecule has 1 aromatic rings. The molecule has 25 heavy (non-hydrogen) atoms. The fourth-order valence-electron chi connectivity index (χ4n) is 6.06. The van der Waals surface area contributed by atoms with E-state index in [4.69, 9.17) is 14.2 Å². The van der Waals surface area contributed by atoms with Crippen LogP contribution in [0.15, 0.2) is 6.07 Å². The Hall–Kier alpha value is -1.55. The summed E-state index contributed by atoms with van der Waals surface area (Å²) in [4.78, 5) is 12.2. The van der Waals surface area contributed by atoms with E-state index in [1.165, 1.54) is 30.4 Å². The molecule has 4 heteroatoms. The molecular formula is C21H28O4. The van der Waals surface area contributed by atoms with Gasteiger partial charge in [-0.15, -0.1) is 0 Å². The van der Waals surface area contributed by atoms with Gasteiger partial charge in [-0.25, -0.2) is 4.79 Å². The quantitative estimate of drug-likeness (QED) is 0.777. The van der Waals surface area contributed by atoms with Crippen LogP contribution in [0.4, 0.5) is 0 Å². The maximum atomic E-state index is 12.2. The number of hydrogen-bond acceptors (Lipinski definition) is 4. The molecule has 0 unspecified atom stereocenters. The average molecular weight is 344 g/mol. The fraction of sp³-hybridized carbons (Fsp3) is 0.667. The van der Waals surface area contributed by atoms with Crippen molar-refractivity contribution >= 4 is 5.97 Å². The zero-order valence-electron chi connectivity index (χ0n) is 15.7. The molecule has 0 N–H and O–H groups in total. The van der Waals surface area contributed by atoms with Crippen molar-refractivity contribution in [3.05, 3.63) is 28.3 Å². The minimum atomic E-state index is -0.241. The van der Waals surface area contributed by atoms with Crippen LogP contribution in [0.1, 0.15) is 66.6 Å². The highest BCUT2D eigenvalue weighted by atomic mass is 16.5. The average Bonchev–Trinajstić information content (AvgIpc) is 2.96. The number of carbonyl (C=O) groups excluding carboxylic acids is 1. The molecule has 4 nitrogen and oxygen atoms in total. The van der Waals surface area contributed by atoms with Crippen LogP contribution >= 0.6 is 0 Å². The molecule has 0 aromatic heterocycles. The molecule has 0 spiro atoms. The summed E-state index contributed by atoms with van der Waals surface area (Å²) >= 11 is 0. The summed E-state index contributed by atoms with van der Waals surface area (Å²) in [6, 6.07) is 2.13. The van der Waals surface area contributed by atoms with E-state index in [-0.39, 0.29) is 16.8 Å². The van der Waals surface area contributed by atoms with Gasteiger partial charge in [0.2, 0.25) is 0 Å². The van der Waals surface area contributed by atoms with Crippen molar-refractivity contribution in [2.45, 2.75) is 58.0 Å². The first-order valence-corrected chi connectivity index (χ1v) is 9.34. The second-order valence-electron chi connectivity index (χ2n) is 8.48. The van der Waals surface area contributed by atoms with Gasteiger partial charge in [0.25, 0.3) is 0 Å². The number of ether oxygens (including phenoxy) is 3. The molecule has 4 rings (SSSR count). The van der Waals surface area contributed by atoms with Gasteiger partial charge in [0, 0.05) is 12.7 Å². The van der Waals surface area contributed by atoms with Gasteiger partial charge in [-0.1, -0.05) is 20.3 Å². The predicted octanol–water partition coefficient (Wildman–Crippen LogP) is 4.02.